The van der Waals surface area contributed by atoms with Gasteiger partial charge in [-0.2, -0.15) is 5.26 Å². The maximum Gasteiger partial charge on any atom is 0.224 e. The second kappa shape index (κ2) is 6.73. The molecule has 0 saturated heterocycles. The van der Waals surface area contributed by atoms with E-state index in [9.17, 15) is 9.90 Å². The molecule has 1 aromatic rings. The fourth-order valence-corrected chi connectivity index (χ4v) is 3.07. The van der Waals surface area contributed by atoms with Gasteiger partial charge in [0.2, 0.25) is 5.91 Å². The van der Waals surface area contributed by atoms with Gasteiger partial charge in [0.05, 0.1) is 25.5 Å². The molecule has 2 atom stereocenters. The Bertz CT molecular complexity index is 550. The number of carbonyl (C=O) groups excluding carboxylic acids is 1. The zero-order valence-corrected chi connectivity index (χ0v) is 12.4. The number of aliphatic hydroxyl groups is 1. The molecule has 1 aliphatic carbocycles. The Morgan fingerprint density at radius 2 is 2.19 bits per heavy atom. The minimum atomic E-state index is -0.207. The van der Waals surface area contributed by atoms with Gasteiger partial charge in [0, 0.05) is 11.5 Å². The van der Waals surface area contributed by atoms with Crippen molar-refractivity contribution in [2.45, 2.75) is 45.1 Å². The summed E-state index contributed by atoms with van der Waals surface area (Å²) in [7, 11) is 0. The van der Waals surface area contributed by atoms with Crippen LogP contribution in [0.2, 0.25) is 0 Å². The van der Waals surface area contributed by atoms with Crippen LogP contribution >= 0.6 is 0 Å². The average molecular weight is 286 g/mol. The number of amides is 1. The molecule has 1 aromatic carbocycles. The van der Waals surface area contributed by atoms with E-state index in [2.05, 4.69) is 11.4 Å². The molecule has 0 spiro atoms. The molecule has 2 rings (SSSR count). The van der Waals surface area contributed by atoms with E-state index >= 15 is 0 Å². The highest BCUT2D eigenvalue weighted by atomic mass is 16.3. The zero-order valence-electron chi connectivity index (χ0n) is 12.4. The summed E-state index contributed by atoms with van der Waals surface area (Å²) in [6, 6.07) is 9.72. The van der Waals surface area contributed by atoms with Crippen LogP contribution in [0.25, 0.3) is 0 Å². The summed E-state index contributed by atoms with van der Waals surface area (Å²) in [5.41, 5.74) is 1.61. The maximum absolute atomic E-state index is 12.3. The van der Waals surface area contributed by atoms with Gasteiger partial charge in [-0.05, 0) is 24.0 Å². The number of nitriles is 1. The number of hydrogen-bond acceptors (Lipinski definition) is 3. The van der Waals surface area contributed by atoms with Crippen molar-refractivity contribution in [3.8, 4) is 6.07 Å². The van der Waals surface area contributed by atoms with Crippen LogP contribution in [0.5, 0.6) is 0 Å². The van der Waals surface area contributed by atoms with Gasteiger partial charge in [0.1, 0.15) is 0 Å². The highest BCUT2D eigenvalue weighted by Crippen LogP contribution is 2.37. The predicted octanol–water partition coefficient (Wildman–Crippen LogP) is 1.96. The van der Waals surface area contributed by atoms with Gasteiger partial charge < -0.3 is 10.4 Å². The van der Waals surface area contributed by atoms with E-state index in [0.717, 1.165) is 30.4 Å². The van der Waals surface area contributed by atoms with Crippen LogP contribution in [-0.4, -0.2) is 23.7 Å². The number of aliphatic hydroxyl groups excluding tert-OH is 1. The minimum absolute atomic E-state index is 0.0352. The fraction of sp³-hybridized carbons (Fsp3) is 0.529. The molecule has 0 heterocycles. The third kappa shape index (κ3) is 3.62. The van der Waals surface area contributed by atoms with Gasteiger partial charge in [0.25, 0.3) is 0 Å². The van der Waals surface area contributed by atoms with Gasteiger partial charge in [-0.1, -0.05) is 37.6 Å². The third-order valence-electron chi connectivity index (χ3n) is 4.52. The SMILES string of the molecule is CC1(CO)CCCC1NC(=O)Cc1ccccc1CC#N. The summed E-state index contributed by atoms with van der Waals surface area (Å²) in [4.78, 5) is 12.3. The molecule has 1 amide bonds. The largest absolute Gasteiger partial charge is 0.396 e. The smallest absolute Gasteiger partial charge is 0.224 e. The lowest BCUT2D eigenvalue weighted by Crippen LogP contribution is -2.45. The molecule has 21 heavy (non-hydrogen) atoms. The number of benzene rings is 1. The normalized spacial score (nSPS) is 24.5. The summed E-state index contributed by atoms with van der Waals surface area (Å²) in [5, 5.41) is 21.4. The maximum atomic E-state index is 12.3. The van der Waals surface area contributed by atoms with E-state index < -0.39 is 0 Å². The summed E-state index contributed by atoms with van der Waals surface area (Å²) in [6.07, 6.45) is 3.51. The first kappa shape index (κ1) is 15.5. The average Bonchev–Trinajstić information content (AvgIpc) is 2.83. The number of rotatable bonds is 5. The van der Waals surface area contributed by atoms with Crippen molar-refractivity contribution >= 4 is 5.91 Å². The van der Waals surface area contributed by atoms with Gasteiger partial charge in [-0.15, -0.1) is 0 Å². The van der Waals surface area contributed by atoms with Crippen LogP contribution in [0.15, 0.2) is 24.3 Å². The summed E-state index contributed by atoms with van der Waals surface area (Å²) in [5.74, 6) is -0.0352. The van der Waals surface area contributed by atoms with E-state index in [4.69, 9.17) is 5.26 Å². The topological polar surface area (TPSA) is 73.1 Å². The van der Waals surface area contributed by atoms with E-state index in [1.807, 2.05) is 31.2 Å². The fourth-order valence-electron chi connectivity index (χ4n) is 3.07. The monoisotopic (exact) mass is 286 g/mol. The molecule has 1 saturated carbocycles. The van der Waals surface area contributed by atoms with Gasteiger partial charge >= 0.3 is 0 Å². The lowest BCUT2D eigenvalue weighted by molar-refractivity contribution is -0.122. The van der Waals surface area contributed by atoms with Crippen LogP contribution in [-0.2, 0) is 17.6 Å². The van der Waals surface area contributed by atoms with Crippen LogP contribution < -0.4 is 5.32 Å². The van der Waals surface area contributed by atoms with Crippen LogP contribution in [0.4, 0.5) is 0 Å². The first-order valence-corrected chi connectivity index (χ1v) is 7.43. The van der Waals surface area contributed by atoms with E-state index in [1.54, 1.807) is 0 Å². The first-order valence-electron chi connectivity index (χ1n) is 7.43. The van der Waals surface area contributed by atoms with Crippen molar-refractivity contribution in [2.24, 2.45) is 5.41 Å². The Kier molecular flexibility index (Phi) is 4.98. The molecule has 4 nitrogen and oxygen atoms in total. The molecule has 1 fully saturated rings. The van der Waals surface area contributed by atoms with Crippen molar-refractivity contribution in [3.05, 3.63) is 35.4 Å². The second-order valence-electron chi connectivity index (χ2n) is 6.10. The van der Waals surface area contributed by atoms with Crippen LogP contribution in [0.1, 0.15) is 37.3 Å². The summed E-state index contributed by atoms with van der Waals surface area (Å²) >= 11 is 0. The third-order valence-corrected chi connectivity index (χ3v) is 4.52. The molecular weight excluding hydrogens is 264 g/mol. The van der Waals surface area contributed by atoms with Gasteiger partial charge in [-0.25, -0.2) is 0 Å². The molecule has 0 radical (unpaired) electrons. The Labute approximate surface area is 125 Å². The van der Waals surface area contributed by atoms with Crippen molar-refractivity contribution in [1.29, 1.82) is 5.26 Å². The molecule has 2 N–H and O–H groups in total. The molecule has 4 heteroatoms. The molecule has 0 aromatic heterocycles. The molecular formula is C17H22N2O2. The lowest BCUT2D eigenvalue weighted by Gasteiger charge is -2.30. The van der Waals surface area contributed by atoms with Crippen molar-refractivity contribution < 1.29 is 9.90 Å². The first-order chi connectivity index (χ1) is 10.1. The van der Waals surface area contributed by atoms with Crippen molar-refractivity contribution in [3.63, 3.8) is 0 Å². The van der Waals surface area contributed by atoms with E-state index in [-0.39, 0.29) is 30.4 Å². The van der Waals surface area contributed by atoms with E-state index in [0.29, 0.717) is 6.42 Å². The van der Waals surface area contributed by atoms with Crippen molar-refractivity contribution in [1.82, 2.24) is 5.32 Å². The molecule has 112 valence electrons. The number of nitrogens with one attached hydrogen (secondary N) is 1. The highest BCUT2D eigenvalue weighted by Gasteiger charge is 2.38. The van der Waals surface area contributed by atoms with Gasteiger partial charge in [0.15, 0.2) is 0 Å². The Hall–Kier alpha value is -1.86. The number of hydrogen-bond donors (Lipinski definition) is 2. The summed E-state index contributed by atoms with van der Waals surface area (Å²) < 4.78 is 0. The Morgan fingerprint density at radius 3 is 2.86 bits per heavy atom. The molecule has 0 aliphatic heterocycles. The Balaban J connectivity index is 2.01. The zero-order chi connectivity index (χ0) is 15.3. The second-order valence-corrected chi connectivity index (χ2v) is 6.10. The van der Waals surface area contributed by atoms with Crippen LogP contribution in [0.3, 0.4) is 0 Å². The van der Waals surface area contributed by atoms with Gasteiger partial charge in [-0.3, -0.25) is 4.79 Å². The molecule has 2 unspecified atom stereocenters. The van der Waals surface area contributed by atoms with Crippen LogP contribution in [0, 0.1) is 16.7 Å². The number of carbonyl (C=O) groups is 1. The number of nitrogens with zero attached hydrogens (tertiary/aromatic N) is 1. The Morgan fingerprint density at radius 1 is 1.48 bits per heavy atom. The predicted molar refractivity (Wildman–Crippen MR) is 80.4 cm³/mol. The van der Waals surface area contributed by atoms with Crippen molar-refractivity contribution in [2.75, 3.05) is 6.61 Å². The molecule has 1 aliphatic rings. The summed E-state index contributed by atoms with van der Waals surface area (Å²) in [6.45, 7) is 2.12. The minimum Gasteiger partial charge on any atom is -0.396 e. The highest BCUT2D eigenvalue weighted by molar-refractivity contribution is 5.79. The standard InChI is InChI=1S/C17H22N2O2/c1-17(12-20)9-4-7-15(17)19-16(21)11-14-6-3-2-5-13(14)8-10-18/h2-3,5-6,15,20H,4,7-9,11-12H2,1H3,(H,19,21). The van der Waals surface area contributed by atoms with E-state index in [1.165, 1.54) is 0 Å². The lowest BCUT2D eigenvalue weighted by atomic mass is 9.85. The molecule has 0 bridgehead atoms. The quantitative estimate of drug-likeness (QED) is 0.869.